The monoisotopic (exact) mass is 282 g/mol. The van der Waals surface area contributed by atoms with Crippen LogP contribution in [0.15, 0.2) is 46.9 Å². The van der Waals surface area contributed by atoms with Crippen molar-refractivity contribution < 1.29 is 8.81 Å². The molecule has 2 heterocycles. The Bertz CT molecular complexity index is 763. The van der Waals surface area contributed by atoms with Crippen LogP contribution in [0.3, 0.4) is 0 Å². The first kappa shape index (κ1) is 12.4. The van der Waals surface area contributed by atoms with Gasteiger partial charge in [0.25, 0.3) is 0 Å². The minimum Gasteiger partial charge on any atom is -0.439 e. The molecule has 1 aliphatic rings. The number of aromatic nitrogens is 1. The van der Waals surface area contributed by atoms with Crippen LogP contribution < -0.4 is 4.90 Å². The molecule has 21 heavy (non-hydrogen) atoms. The predicted molar refractivity (Wildman–Crippen MR) is 79.8 cm³/mol. The number of anilines is 1. The summed E-state index contributed by atoms with van der Waals surface area (Å²) >= 11 is 0. The van der Waals surface area contributed by atoms with Crippen molar-refractivity contribution in [3.63, 3.8) is 0 Å². The number of rotatable bonds is 2. The van der Waals surface area contributed by atoms with Crippen LogP contribution in [0, 0.1) is 5.82 Å². The van der Waals surface area contributed by atoms with Gasteiger partial charge in [-0.3, -0.25) is 0 Å². The molecule has 0 unspecified atom stereocenters. The number of para-hydroxylation sites is 3. The van der Waals surface area contributed by atoms with Crippen LogP contribution in [0.4, 0.5) is 10.1 Å². The average Bonchev–Trinajstić information content (AvgIpc) is 2.90. The summed E-state index contributed by atoms with van der Waals surface area (Å²) in [6.45, 7) is 1.33. The zero-order valence-corrected chi connectivity index (χ0v) is 11.6. The van der Waals surface area contributed by atoms with Gasteiger partial charge in [-0.05, 0) is 36.6 Å². The van der Waals surface area contributed by atoms with E-state index in [1.807, 2.05) is 35.2 Å². The van der Waals surface area contributed by atoms with Crippen molar-refractivity contribution in [1.29, 1.82) is 0 Å². The molecule has 0 aliphatic carbocycles. The summed E-state index contributed by atoms with van der Waals surface area (Å²) in [5, 5.41) is 0. The smallest absolute Gasteiger partial charge is 0.215 e. The van der Waals surface area contributed by atoms with Crippen molar-refractivity contribution in [2.45, 2.75) is 19.4 Å². The number of fused-ring (bicyclic) bond motifs is 2. The van der Waals surface area contributed by atoms with E-state index in [1.165, 1.54) is 6.07 Å². The van der Waals surface area contributed by atoms with Crippen LogP contribution in [0.25, 0.3) is 11.1 Å². The molecule has 1 aromatic heterocycles. The van der Waals surface area contributed by atoms with Gasteiger partial charge in [0.2, 0.25) is 5.89 Å². The minimum atomic E-state index is -0.164. The van der Waals surface area contributed by atoms with Crippen molar-refractivity contribution in [1.82, 2.24) is 4.98 Å². The van der Waals surface area contributed by atoms with Crippen molar-refractivity contribution >= 4 is 16.8 Å². The predicted octanol–water partition coefficient (Wildman–Crippen LogP) is 3.92. The van der Waals surface area contributed by atoms with E-state index >= 15 is 0 Å². The molecule has 3 aromatic rings. The van der Waals surface area contributed by atoms with Crippen LogP contribution in [0.2, 0.25) is 0 Å². The maximum absolute atomic E-state index is 14.1. The van der Waals surface area contributed by atoms with Crippen LogP contribution >= 0.6 is 0 Å². The van der Waals surface area contributed by atoms with E-state index < -0.39 is 0 Å². The zero-order valence-electron chi connectivity index (χ0n) is 11.6. The Morgan fingerprint density at radius 1 is 1.14 bits per heavy atom. The number of halogens is 1. The average molecular weight is 282 g/mol. The largest absolute Gasteiger partial charge is 0.439 e. The first-order valence-corrected chi connectivity index (χ1v) is 7.18. The maximum Gasteiger partial charge on any atom is 0.215 e. The molecule has 0 saturated heterocycles. The fourth-order valence-electron chi connectivity index (χ4n) is 3.00. The van der Waals surface area contributed by atoms with E-state index in [1.54, 1.807) is 6.07 Å². The summed E-state index contributed by atoms with van der Waals surface area (Å²) in [6, 6.07) is 13.0. The molecule has 0 spiro atoms. The van der Waals surface area contributed by atoms with Crippen molar-refractivity contribution in [2.24, 2.45) is 0 Å². The second-order valence-electron chi connectivity index (χ2n) is 5.35. The van der Waals surface area contributed by atoms with Gasteiger partial charge >= 0.3 is 0 Å². The second-order valence-corrected chi connectivity index (χ2v) is 5.35. The Hall–Kier alpha value is -2.36. The molecule has 0 bridgehead atoms. The summed E-state index contributed by atoms with van der Waals surface area (Å²) in [5.74, 6) is 0.468. The normalized spacial score (nSPS) is 14.4. The lowest BCUT2D eigenvalue weighted by atomic mass is 10.0. The van der Waals surface area contributed by atoms with Gasteiger partial charge in [0.1, 0.15) is 11.3 Å². The molecule has 0 saturated carbocycles. The van der Waals surface area contributed by atoms with Crippen LogP contribution in [-0.4, -0.2) is 11.5 Å². The highest BCUT2D eigenvalue weighted by Crippen LogP contribution is 2.31. The van der Waals surface area contributed by atoms with Gasteiger partial charge in [-0.15, -0.1) is 0 Å². The van der Waals surface area contributed by atoms with E-state index in [2.05, 4.69) is 4.98 Å². The highest BCUT2D eigenvalue weighted by atomic mass is 19.1. The van der Waals surface area contributed by atoms with Crippen LogP contribution in [0.5, 0.6) is 0 Å². The lowest BCUT2D eigenvalue weighted by molar-refractivity contribution is 0.507. The number of aryl methyl sites for hydroxylation is 1. The molecule has 1 aliphatic heterocycles. The van der Waals surface area contributed by atoms with Gasteiger partial charge in [-0.25, -0.2) is 9.37 Å². The first-order valence-electron chi connectivity index (χ1n) is 7.18. The second kappa shape index (κ2) is 4.88. The number of hydrogen-bond donors (Lipinski definition) is 0. The summed E-state index contributed by atoms with van der Waals surface area (Å²) < 4.78 is 19.9. The molecular formula is C17H15FN2O. The fraction of sp³-hybridized carbons (Fsp3) is 0.235. The van der Waals surface area contributed by atoms with E-state index in [0.717, 1.165) is 36.0 Å². The van der Waals surface area contributed by atoms with Crippen molar-refractivity contribution in [3.8, 4) is 0 Å². The quantitative estimate of drug-likeness (QED) is 0.713. The van der Waals surface area contributed by atoms with Gasteiger partial charge in [0.15, 0.2) is 5.58 Å². The van der Waals surface area contributed by atoms with Gasteiger partial charge in [0.05, 0.1) is 12.2 Å². The Morgan fingerprint density at radius 2 is 2.05 bits per heavy atom. The van der Waals surface area contributed by atoms with Gasteiger partial charge in [-0.2, -0.15) is 0 Å². The molecule has 0 N–H and O–H groups in total. The Morgan fingerprint density at radius 3 is 2.95 bits per heavy atom. The molecule has 4 rings (SSSR count). The molecular weight excluding hydrogens is 267 g/mol. The third kappa shape index (κ3) is 2.17. The van der Waals surface area contributed by atoms with E-state index in [9.17, 15) is 4.39 Å². The van der Waals surface area contributed by atoms with Crippen molar-refractivity contribution in [2.75, 3.05) is 11.4 Å². The fourth-order valence-corrected chi connectivity index (χ4v) is 3.00. The van der Waals surface area contributed by atoms with Crippen molar-refractivity contribution in [3.05, 3.63) is 59.7 Å². The third-order valence-electron chi connectivity index (χ3n) is 3.93. The Kier molecular flexibility index (Phi) is 2.88. The summed E-state index contributed by atoms with van der Waals surface area (Å²) in [5.41, 5.74) is 3.39. The number of nitrogens with zero attached hydrogens (tertiary/aromatic N) is 2. The summed E-state index contributed by atoms with van der Waals surface area (Å²) in [7, 11) is 0. The molecule has 0 amide bonds. The van der Waals surface area contributed by atoms with Gasteiger partial charge in [-0.1, -0.05) is 24.3 Å². The molecule has 0 fully saturated rings. The molecule has 2 aromatic carbocycles. The Labute approximate surface area is 122 Å². The van der Waals surface area contributed by atoms with E-state index in [-0.39, 0.29) is 5.82 Å². The third-order valence-corrected chi connectivity index (χ3v) is 3.93. The summed E-state index contributed by atoms with van der Waals surface area (Å²) in [6.07, 6.45) is 1.95. The molecule has 3 nitrogen and oxygen atoms in total. The number of hydrogen-bond acceptors (Lipinski definition) is 3. The Balaban J connectivity index is 1.69. The minimum absolute atomic E-state index is 0.164. The SMILES string of the molecule is Fc1cccc2c1N(Cc1nc3ccccc3o1)CCC2. The maximum atomic E-state index is 14.1. The number of oxazole rings is 1. The van der Waals surface area contributed by atoms with Crippen LogP contribution in [0.1, 0.15) is 17.9 Å². The van der Waals surface area contributed by atoms with E-state index in [0.29, 0.717) is 18.1 Å². The molecule has 4 heteroatoms. The standard InChI is InChI=1S/C17H15FN2O/c18-13-7-3-5-12-6-4-10-20(17(12)13)11-16-19-14-8-1-2-9-15(14)21-16/h1-3,5,7-9H,4,6,10-11H2. The molecule has 106 valence electrons. The molecule has 0 atom stereocenters. The van der Waals surface area contributed by atoms with Crippen LogP contribution in [-0.2, 0) is 13.0 Å². The number of benzene rings is 2. The zero-order chi connectivity index (χ0) is 14.2. The summed E-state index contributed by atoms with van der Waals surface area (Å²) in [4.78, 5) is 6.51. The molecule has 0 radical (unpaired) electrons. The lowest BCUT2D eigenvalue weighted by Crippen LogP contribution is -2.29. The topological polar surface area (TPSA) is 29.3 Å². The highest BCUT2D eigenvalue weighted by molar-refractivity contribution is 5.72. The van der Waals surface area contributed by atoms with E-state index in [4.69, 9.17) is 4.42 Å². The first-order chi connectivity index (χ1) is 10.3. The van der Waals surface area contributed by atoms with Gasteiger partial charge in [0, 0.05) is 6.54 Å². The lowest BCUT2D eigenvalue weighted by Gasteiger charge is -2.30. The van der Waals surface area contributed by atoms with Gasteiger partial charge < -0.3 is 9.32 Å². The highest BCUT2D eigenvalue weighted by Gasteiger charge is 2.22.